The van der Waals surface area contributed by atoms with Crippen molar-refractivity contribution in [3.8, 4) is 0 Å². The van der Waals surface area contributed by atoms with Gasteiger partial charge < -0.3 is 19.9 Å². The third-order valence-electron chi connectivity index (χ3n) is 6.86. The number of likely N-dealkylation sites (tertiary alicyclic amines) is 1. The van der Waals surface area contributed by atoms with Crippen molar-refractivity contribution < 1.29 is 9.90 Å². The molecule has 1 amide bonds. The molecule has 3 aliphatic rings. The highest BCUT2D eigenvalue weighted by atomic mass is 16.3. The highest BCUT2D eigenvalue weighted by molar-refractivity contribution is 5.89. The molecule has 2 saturated heterocycles. The number of nitrogens with one attached hydrogen (secondary N) is 1. The summed E-state index contributed by atoms with van der Waals surface area (Å²) in [6.07, 6.45) is 9.73. The fourth-order valence-electron chi connectivity index (χ4n) is 5.37. The summed E-state index contributed by atoms with van der Waals surface area (Å²) in [5, 5.41) is 10.8. The Balaban J connectivity index is 1.37. The van der Waals surface area contributed by atoms with E-state index in [2.05, 4.69) is 24.8 Å². The van der Waals surface area contributed by atoms with Crippen LogP contribution in [0.2, 0.25) is 0 Å². The summed E-state index contributed by atoms with van der Waals surface area (Å²) in [7, 11) is 0. The number of aromatic nitrogens is 3. The van der Waals surface area contributed by atoms with E-state index in [9.17, 15) is 9.90 Å². The second-order valence-electron chi connectivity index (χ2n) is 8.45. The molecule has 2 aliphatic heterocycles. The van der Waals surface area contributed by atoms with Gasteiger partial charge in [0, 0.05) is 31.9 Å². The van der Waals surface area contributed by atoms with Crippen molar-refractivity contribution in [3.63, 3.8) is 0 Å². The summed E-state index contributed by atoms with van der Waals surface area (Å²) >= 11 is 0. The zero-order valence-electron chi connectivity index (χ0n) is 15.6. The number of nitrogens with zero attached hydrogens (tertiary/aromatic N) is 4. The summed E-state index contributed by atoms with van der Waals surface area (Å²) in [5.41, 5.74) is 0.571. The summed E-state index contributed by atoms with van der Waals surface area (Å²) in [5.74, 6) is 1.26. The zero-order valence-corrected chi connectivity index (χ0v) is 15.6. The molecule has 3 fully saturated rings. The lowest BCUT2D eigenvalue weighted by Crippen LogP contribution is -2.50. The van der Waals surface area contributed by atoms with E-state index in [0.717, 1.165) is 81.4 Å². The van der Waals surface area contributed by atoms with Crippen molar-refractivity contribution in [2.24, 2.45) is 5.41 Å². The van der Waals surface area contributed by atoms with Crippen LogP contribution in [0.4, 0.5) is 5.82 Å². The van der Waals surface area contributed by atoms with Gasteiger partial charge in [-0.1, -0.05) is 0 Å². The molecule has 2 N–H and O–H groups in total. The maximum absolute atomic E-state index is 13.5. The molecule has 1 aliphatic carbocycles. The molecular formula is C20H27N5O2. The highest BCUT2D eigenvalue weighted by Crippen LogP contribution is 2.43. The molecule has 7 heteroatoms. The fraction of sp³-hybridized carbons (Fsp3) is 0.650. The Morgan fingerprint density at radius 2 is 2.00 bits per heavy atom. The third kappa shape index (κ3) is 2.79. The first-order chi connectivity index (χ1) is 13.2. The number of hydrogen-bond donors (Lipinski definition) is 2. The summed E-state index contributed by atoms with van der Waals surface area (Å²) in [4.78, 5) is 29.8. The lowest BCUT2D eigenvalue weighted by Gasteiger charge is -2.41. The largest absolute Gasteiger partial charge is 0.393 e. The van der Waals surface area contributed by atoms with Crippen LogP contribution in [0.1, 0.15) is 44.9 Å². The molecule has 5 rings (SSSR count). The lowest BCUT2D eigenvalue weighted by atomic mass is 9.78. The quantitative estimate of drug-likeness (QED) is 0.847. The van der Waals surface area contributed by atoms with Gasteiger partial charge in [-0.3, -0.25) is 4.79 Å². The number of fused-ring (bicyclic) bond motifs is 1. The van der Waals surface area contributed by atoms with Crippen molar-refractivity contribution in [1.29, 1.82) is 0 Å². The predicted octanol–water partition coefficient (Wildman–Crippen LogP) is 2.08. The van der Waals surface area contributed by atoms with Crippen LogP contribution < -0.4 is 4.90 Å². The Kier molecular flexibility index (Phi) is 4.07. The summed E-state index contributed by atoms with van der Waals surface area (Å²) in [6, 6.07) is 2.33. The molecular weight excluding hydrogens is 342 g/mol. The van der Waals surface area contributed by atoms with Crippen LogP contribution in [0, 0.1) is 5.41 Å². The van der Waals surface area contributed by atoms with Gasteiger partial charge in [-0.25, -0.2) is 9.97 Å². The van der Waals surface area contributed by atoms with Crippen molar-refractivity contribution in [2.45, 2.75) is 57.1 Å². The van der Waals surface area contributed by atoms with Gasteiger partial charge in [0.1, 0.15) is 17.8 Å². The first-order valence-corrected chi connectivity index (χ1v) is 10.2. The van der Waals surface area contributed by atoms with Gasteiger partial charge in [0.15, 0.2) is 0 Å². The maximum Gasteiger partial charge on any atom is 0.230 e. The fourth-order valence-corrected chi connectivity index (χ4v) is 5.37. The zero-order chi connectivity index (χ0) is 18.4. The van der Waals surface area contributed by atoms with E-state index in [4.69, 9.17) is 0 Å². The minimum atomic E-state index is -0.276. The normalized spacial score (nSPS) is 32.0. The van der Waals surface area contributed by atoms with E-state index in [-0.39, 0.29) is 11.5 Å². The third-order valence-corrected chi connectivity index (χ3v) is 6.86. The molecule has 4 heterocycles. The van der Waals surface area contributed by atoms with Crippen molar-refractivity contribution >= 4 is 22.8 Å². The molecule has 144 valence electrons. The van der Waals surface area contributed by atoms with Gasteiger partial charge in [-0.05, 0) is 51.0 Å². The Hall–Kier alpha value is -2.15. The van der Waals surface area contributed by atoms with Crippen LogP contribution in [0.25, 0.3) is 11.0 Å². The van der Waals surface area contributed by atoms with Crippen LogP contribution in [0.15, 0.2) is 18.6 Å². The molecule has 2 aromatic heterocycles. The second kappa shape index (κ2) is 6.48. The standard InChI is InChI=1S/C20H27N5O2/c26-15-4-2-14(3-5-15)25-11-8-20(19(25)27)7-1-10-24(12-20)18-16-6-9-21-17(16)22-13-23-18/h6,9,13-15,26H,1-5,7-8,10-12H2,(H,21,22,23)/t14?,15?,20-/m1/s1. The van der Waals surface area contributed by atoms with Crippen molar-refractivity contribution in [1.82, 2.24) is 19.9 Å². The number of aliphatic hydroxyl groups excluding tert-OH is 1. The highest BCUT2D eigenvalue weighted by Gasteiger charge is 2.50. The topological polar surface area (TPSA) is 85.3 Å². The minimum Gasteiger partial charge on any atom is -0.393 e. The molecule has 27 heavy (non-hydrogen) atoms. The summed E-state index contributed by atoms with van der Waals surface area (Å²) < 4.78 is 0. The van der Waals surface area contributed by atoms with E-state index in [1.54, 1.807) is 6.33 Å². The number of rotatable bonds is 2. The first-order valence-electron chi connectivity index (χ1n) is 10.2. The Morgan fingerprint density at radius 1 is 1.15 bits per heavy atom. The Labute approximate surface area is 158 Å². The van der Waals surface area contributed by atoms with Gasteiger partial charge in [-0.15, -0.1) is 0 Å². The van der Waals surface area contributed by atoms with Crippen LogP contribution in [-0.2, 0) is 4.79 Å². The van der Waals surface area contributed by atoms with Crippen LogP contribution in [0.5, 0.6) is 0 Å². The molecule has 0 radical (unpaired) electrons. The molecule has 0 bridgehead atoms. The average Bonchev–Trinajstić information content (AvgIpc) is 3.29. The number of hydrogen-bond acceptors (Lipinski definition) is 5. The molecule has 1 atom stereocenters. The van der Waals surface area contributed by atoms with Crippen LogP contribution in [0.3, 0.4) is 0 Å². The number of anilines is 1. The average molecular weight is 369 g/mol. The van der Waals surface area contributed by atoms with Gasteiger partial charge in [0.2, 0.25) is 5.91 Å². The van der Waals surface area contributed by atoms with E-state index in [0.29, 0.717) is 11.9 Å². The monoisotopic (exact) mass is 369 g/mol. The SMILES string of the molecule is O=C1N(C2CCC(O)CC2)CC[C@@]12CCCN(c1ncnc3[nH]ccc13)C2. The molecule has 1 spiro atoms. The van der Waals surface area contributed by atoms with E-state index in [1.165, 1.54) is 0 Å². The lowest BCUT2D eigenvalue weighted by molar-refractivity contribution is -0.139. The molecule has 1 saturated carbocycles. The van der Waals surface area contributed by atoms with E-state index >= 15 is 0 Å². The Bertz CT molecular complexity index is 844. The molecule has 0 aromatic carbocycles. The molecule has 0 unspecified atom stereocenters. The molecule has 2 aromatic rings. The number of carbonyl (C=O) groups excluding carboxylic acids is 1. The molecule has 7 nitrogen and oxygen atoms in total. The summed E-state index contributed by atoms with van der Waals surface area (Å²) in [6.45, 7) is 2.54. The van der Waals surface area contributed by atoms with Crippen molar-refractivity contribution in [2.75, 3.05) is 24.5 Å². The van der Waals surface area contributed by atoms with Crippen molar-refractivity contribution in [3.05, 3.63) is 18.6 Å². The van der Waals surface area contributed by atoms with Gasteiger partial charge in [-0.2, -0.15) is 0 Å². The number of amides is 1. The van der Waals surface area contributed by atoms with Crippen LogP contribution >= 0.6 is 0 Å². The number of piperidine rings is 1. The van der Waals surface area contributed by atoms with Gasteiger partial charge in [0.25, 0.3) is 0 Å². The van der Waals surface area contributed by atoms with Crippen LogP contribution in [-0.4, -0.2) is 62.6 Å². The predicted molar refractivity (Wildman–Crippen MR) is 102 cm³/mol. The number of carbonyl (C=O) groups is 1. The van der Waals surface area contributed by atoms with E-state index < -0.39 is 0 Å². The van der Waals surface area contributed by atoms with Gasteiger partial charge in [0.05, 0.1) is 16.9 Å². The first kappa shape index (κ1) is 17.0. The minimum absolute atomic E-state index is 0.181. The van der Waals surface area contributed by atoms with E-state index in [1.807, 2.05) is 12.3 Å². The van der Waals surface area contributed by atoms with Gasteiger partial charge >= 0.3 is 0 Å². The maximum atomic E-state index is 13.5. The number of H-pyrrole nitrogens is 1. The second-order valence-corrected chi connectivity index (χ2v) is 8.45. The number of aromatic amines is 1. The Morgan fingerprint density at radius 3 is 2.85 bits per heavy atom. The smallest absolute Gasteiger partial charge is 0.230 e. The number of aliphatic hydroxyl groups is 1.